The van der Waals surface area contributed by atoms with E-state index in [0.29, 0.717) is 38.6 Å². The third kappa shape index (κ3) is 9.13. The van der Waals surface area contributed by atoms with Gasteiger partial charge in [0.05, 0.1) is 19.2 Å². The second-order valence-corrected chi connectivity index (χ2v) is 16.5. The molecule has 0 unspecified atom stereocenters. The summed E-state index contributed by atoms with van der Waals surface area (Å²) in [5, 5.41) is 12.2. The first-order valence-corrected chi connectivity index (χ1v) is 20.3. The Hall–Kier alpha value is -6.29. The summed E-state index contributed by atoms with van der Waals surface area (Å²) in [7, 11) is 1.68. The van der Waals surface area contributed by atoms with Crippen molar-refractivity contribution < 1.29 is 33.7 Å². The van der Waals surface area contributed by atoms with Gasteiger partial charge in [-0.15, -0.1) is 4.33 Å². The molecule has 0 atom stereocenters. The molecule has 302 valence electrons. The van der Waals surface area contributed by atoms with Crippen LogP contribution in [-0.2, 0) is 20.2 Å². The van der Waals surface area contributed by atoms with Crippen molar-refractivity contribution in [3.05, 3.63) is 214 Å². The molecule has 1 N–H and O–H groups in total. The van der Waals surface area contributed by atoms with E-state index in [0.717, 1.165) is 34.5 Å². The summed E-state index contributed by atoms with van der Waals surface area (Å²) < 4.78 is 16.1. The van der Waals surface area contributed by atoms with Crippen molar-refractivity contribution in [1.82, 2.24) is 0 Å². The van der Waals surface area contributed by atoms with Gasteiger partial charge in [0.15, 0.2) is 11.6 Å². The van der Waals surface area contributed by atoms with Crippen molar-refractivity contribution in [2.45, 2.75) is 50.3 Å². The van der Waals surface area contributed by atoms with Crippen LogP contribution in [0.1, 0.15) is 87.4 Å². The largest absolute Gasteiger partial charge is 0.497 e. The highest BCUT2D eigenvalue weighted by Gasteiger charge is 2.27. The summed E-state index contributed by atoms with van der Waals surface area (Å²) in [5.74, 6) is 1.93. The van der Waals surface area contributed by atoms with Crippen LogP contribution < -0.4 is 9.47 Å². The van der Waals surface area contributed by atoms with Gasteiger partial charge in [0.1, 0.15) is 17.2 Å². The first-order valence-electron chi connectivity index (χ1n) is 19.6. The fourth-order valence-electron chi connectivity index (χ4n) is 7.32. The molecule has 0 saturated heterocycles. The van der Waals surface area contributed by atoms with Crippen LogP contribution in [0.25, 0.3) is 11.1 Å². The molecule has 0 spiro atoms. The Morgan fingerprint density at radius 3 is 1.50 bits per heavy atom. The second kappa shape index (κ2) is 17.9. The van der Waals surface area contributed by atoms with Crippen molar-refractivity contribution >= 4 is 23.6 Å². The van der Waals surface area contributed by atoms with Crippen molar-refractivity contribution in [2.75, 3.05) is 7.11 Å². The summed E-state index contributed by atoms with van der Waals surface area (Å²) in [6.07, 6.45) is 0. The number of hydrogen-bond acceptors (Lipinski definition) is 8. The van der Waals surface area contributed by atoms with Gasteiger partial charge in [-0.05, 0) is 113 Å². The third-order valence-corrected chi connectivity index (χ3v) is 11.9. The van der Waals surface area contributed by atoms with Crippen molar-refractivity contribution in [2.24, 2.45) is 0 Å². The standard InChI is InChI=1S/C52H46O7S/c1-34-10-11-38(33-48(34)50(54)39-8-7-9-47(32-39)60-59-58-55)35-12-14-36(15-13-35)49(53)37-16-26-45(27-17-37)57-46-30-24-43(25-31-46)52(4,5)41-20-18-40(19-21-41)51(2,3)42-22-28-44(56-6)29-23-42/h7-33,55H,1-6H3. The molecule has 60 heavy (non-hydrogen) atoms. The highest BCUT2D eigenvalue weighted by atomic mass is 32.2. The monoisotopic (exact) mass is 814 g/mol. The van der Waals surface area contributed by atoms with Crippen molar-refractivity contribution in [3.8, 4) is 28.4 Å². The Labute approximate surface area is 355 Å². The molecule has 7 rings (SSSR count). The lowest BCUT2D eigenvalue weighted by molar-refractivity contribution is -0.432. The average molecular weight is 815 g/mol. The lowest BCUT2D eigenvalue weighted by Gasteiger charge is -2.29. The van der Waals surface area contributed by atoms with Gasteiger partial charge in [0.2, 0.25) is 0 Å². The van der Waals surface area contributed by atoms with E-state index in [1.54, 1.807) is 67.8 Å². The minimum Gasteiger partial charge on any atom is -0.497 e. The molecule has 0 radical (unpaired) electrons. The van der Waals surface area contributed by atoms with Gasteiger partial charge in [-0.25, -0.2) is 5.26 Å². The smallest absolute Gasteiger partial charge is 0.193 e. The summed E-state index contributed by atoms with van der Waals surface area (Å²) in [4.78, 5) is 27.6. The SMILES string of the molecule is COc1ccc(C(C)(C)c2ccc(C(C)(C)c3ccc(Oc4ccc(C(=O)c5ccc(-c6ccc(C)c(C(=O)c7cccc(SOOO)c7)c6)cc5)cc4)cc3)cc2)cc1. The quantitative estimate of drug-likeness (QED) is 0.0473. The van der Waals surface area contributed by atoms with E-state index >= 15 is 0 Å². The number of rotatable bonds is 15. The fourth-order valence-corrected chi connectivity index (χ4v) is 7.74. The fraction of sp³-hybridized carbons (Fsp3) is 0.154. The van der Waals surface area contributed by atoms with Crippen LogP contribution in [0.3, 0.4) is 0 Å². The number of benzene rings is 7. The Balaban J connectivity index is 0.978. The predicted octanol–water partition coefficient (Wildman–Crippen LogP) is 13.0. The zero-order chi connectivity index (χ0) is 42.4. The van der Waals surface area contributed by atoms with E-state index in [-0.39, 0.29) is 22.4 Å². The molecular weight excluding hydrogens is 769 g/mol. The number of ketones is 2. The molecule has 0 aliphatic rings. The van der Waals surface area contributed by atoms with E-state index in [1.807, 2.05) is 61.5 Å². The molecule has 0 heterocycles. The minimum absolute atomic E-state index is 0.106. The van der Waals surface area contributed by atoms with Gasteiger partial charge in [0, 0.05) is 38.0 Å². The predicted molar refractivity (Wildman–Crippen MR) is 237 cm³/mol. The highest BCUT2D eigenvalue weighted by Crippen LogP contribution is 2.37. The van der Waals surface area contributed by atoms with Gasteiger partial charge in [-0.2, -0.15) is 0 Å². The molecule has 0 aromatic heterocycles. The maximum Gasteiger partial charge on any atom is 0.193 e. The summed E-state index contributed by atoms with van der Waals surface area (Å²) in [5.41, 5.74) is 9.16. The molecule has 7 nitrogen and oxygen atoms in total. The van der Waals surface area contributed by atoms with Gasteiger partial charge in [0.25, 0.3) is 0 Å². The van der Waals surface area contributed by atoms with Crippen LogP contribution in [0.2, 0.25) is 0 Å². The zero-order valence-electron chi connectivity index (χ0n) is 34.4. The number of ether oxygens (including phenoxy) is 2. The second-order valence-electron chi connectivity index (χ2n) is 15.7. The van der Waals surface area contributed by atoms with E-state index in [4.69, 9.17) is 14.7 Å². The molecule has 0 aliphatic heterocycles. The Morgan fingerprint density at radius 1 is 0.517 bits per heavy atom. The van der Waals surface area contributed by atoms with Gasteiger partial charge in [-0.1, -0.05) is 130 Å². The Morgan fingerprint density at radius 2 is 0.983 bits per heavy atom. The molecule has 0 aliphatic carbocycles. The lowest BCUT2D eigenvalue weighted by Crippen LogP contribution is -2.21. The number of aryl methyl sites for hydroxylation is 1. The Kier molecular flexibility index (Phi) is 12.5. The third-order valence-electron chi connectivity index (χ3n) is 11.3. The normalized spacial score (nSPS) is 11.6. The maximum absolute atomic E-state index is 13.5. The van der Waals surface area contributed by atoms with Crippen LogP contribution in [0.15, 0.2) is 169 Å². The number of methoxy groups -OCH3 is 1. The number of hydrogen-bond donors (Lipinski definition) is 1. The molecular formula is C52H46O7S. The first kappa shape index (κ1) is 41.9. The Bertz CT molecular complexity index is 2590. The van der Waals surface area contributed by atoms with E-state index in [2.05, 4.69) is 85.6 Å². The van der Waals surface area contributed by atoms with E-state index < -0.39 is 0 Å². The highest BCUT2D eigenvalue weighted by molar-refractivity contribution is 7.94. The molecule has 7 aromatic carbocycles. The molecule has 8 heteroatoms. The molecule has 0 bridgehead atoms. The number of carbonyl (C=O) groups excluding carboxylic acids is 2. The van der Waals surface area contributed by atoms with E-state index in [1.165, 1.54) is 22.3 Å². The topological polar surface area (TPSA) is 91.3 Å². The van der Waals surface area contributed by atoms with Crippen molar-refractivity contribution in [3.63, 3.8) is 0 Å². The van der Waals surface area contributed by atoms with Crippen LogP contribution in [0.5, 0.6) is 17.2 Å². The van der Waals surface area contributed by atoms with Crippen LogP contribution in [-0.4, -0.2) is 23.9 Å². The molecule has 0 amide bonds. The lowest BCUT2D eigenvalue weighted by atomic mass is 9.74. The number of carbonyl (C=O) groups is 2. The maximum atomic E-state index is 13.5. The van der Waals surface area contributed by atoms with Gasteiger partial charge >= 0.3 is 0 Å². The summed E-state index contributed by atoms with van der Waals surface area (Å²) in [6, 6.07) is 52.5. The van der Waals surface area contributed by atoms with Crippen molar-refractivity contribution in [1.29, 1.82) is 0 Å². The summed E-state index contributed by atoms with van der Waals surface area (Å²) in [6.45, 7) is 10.8. The molecule has 0 fully saturated rings. The van der Waals surface area contributed by atoms with Gasteiger partial charge in [-0.3, -0.25) is 9.59 Å². The van der Waals surface area contributed by atoms with E-state index in [9.17, 15) is 9.59 Å². The average Bonchev–Trinajstić information content (AvgIpc) is 3.28. The first-order chi connectivity index (χ1) is 28.9. The minimum atomic E-state index is -0.231. The zero-order valence-corrected chi connectivity index (χ0v) is 35.2. The molecule has 7 aromatic rings. The van der Waals surface area contributed by atoms with Gasteiger partial charge < -0.3 is 9.47 Å². The van der Waals surface area contributed by atoms with Crippen LogP contribution in [0.4, 0.5) is 0 Å². The van der Waals surface area contributed by atoms with Crippen LogP contribution >= 0.6 is 12.0 Å². The van der Waals surface area contributed by atoms with Crippen LogP contribution in [0, 0.1) is 6.92 Å². The summed E-state index contributed by atoms with van der Waals surface area (Å²) >= 11 is 0.795. The molecule has 0 saturated carbocycles.